The van der Waals surface area contributed by atoms with Crippen molar-refractivity contribution in [3.63, 3.8) is 0 Å². The van der Waals surface area contributed by atoms with Gasteiger partial charge < -0.3 is 9.47 Å². The summed E-state index contributed by atoms with van der Waals surface area (Å²) in [6.45, 7) is 7.03. The molecule has 0 aliphatic carbocycles. The summed E-state index contributed by atoms with van der Waals surface area (Å²) in [4.78, 5) is 11.3. The number of rotatable bonds is 6. The average molecular weight is 266 g/mol. The van der Waals surface area contributed by atoms with Crippen LogP contribution in [0.5, 0.6) is 0 Å². The lowest BCUT2D eigenvalue weighted by molar-refractivity contribution is 0.0485. The topological polar surface area (TPSA) is 59.6 Å². The zero-order valence-corrected chi connectivity index (χ0v) is 11.7. The first-order chi connectivity index (χ1) is 8.97. The predicted molar refractivity (Wildman–Crippen MR) is 73.5 cm³/mol. The number of hydrogen-bond acceptors (Lipinski definition) is 4. The maximum atomic E-state index is 11.3. The Bertz CT molecular complexity index is 374. The summed E-state index contributed by atoms with van der Waals surface area (Å²) in [5, 5.41) is 0. The fourth-order valence-corrected chi connectivity index (χ4v) is 1.33. The number of nitrogens with one attached hydrogen (secondary N) is 2. The summed E-state index contributed by atoms with van der Waals surface area (Å²) in [5.74, 6) is 0. The number of benzene rings is 1. The van der Waals surface area contributed by atoms with E-state index in [4.69, 9.17) is 9.47 Å². The molecule has 0 aromatic heterocycles. The van der Waals surface area contributed by atoms with E-state index < -0.39 is 11.7 Å². The highest BCUT2D eigenvalue weighted by atomic mass is 16.6. The molecule has 0 saturated carbocycles. The minimum atomic E-state index is -0.491. The highest BCUT2D eigenvalue weighted by Gasteiger charge is 2.15. The first-order valence-corrected chi connectivity index (χ1v) is 6.31. The SMILES string of the molecule is CC(C)(C)OC(=O)NNCCOCc1ccccc1. The third kappa shape index (κ3) is 8.18. The van der Waals surface area contributed by atoms with Crippen LogP contribution < -0.4 is 10.9 Å². The molecule has 1 rings (SSSR count). The van der Waals surface area contributed by atoms with Crippen molar-refractivity contribution in [2.75, 3.05) is 13.2 Å². The minimum absolute atomic E-state index is 0.490. The standard InChI is InChI=1S/C14H22N2O3/c1-14(2,3)19-13(17)16-15-9-10-18-11-12-7-5-4-6-8-12/h4-8,15H,9-11H2,1-3H3,(H,16,17). The lowest BCUT2D eigenvalue weighted by atomic mass is 10.2. The molecule has 0 heterocycles. The zero-order valence-electron chi connectivity index (χ0n) is 11.7. The first-order valence-electron chi connectivity index (χ1n) is 6.31. The molecule has 5 nitrogen and oxygen atoms in total. The molecule has 0 atom stereocenters. The minimum Gasteiger partial charge on any atom is -0.443 e. The smallest absolute Gasteiger partial charge is 0.422 e. The van der Waals surface area contributed by atoms with Gasteiger partial charge in [0.1, 0.15) is 5.60 Å². The second kappa shape index (κ2) is 7.76. The number of hydrogen-bond donors (Lipinski definition) is 2. The molecule has 0 saturated heterocycles. The number of carbonyl (C=O) groups is 1. The van der Waals surface area contributed by atoms with Crippen molar-refractivity contribution in [2.45, 2.75) is 33.0 Å². The first kappa shape index (κ1) is 15.5. The van der Waals surface area contributed by atoms with Gasteiger partial charge in [0, 0.05) is 6.54 Å². The summed E-state index contributed by atoms with van der Waals surface area (Å²) in [7, 11) is 0. The lowest BCUT2D eigenvalue weighted by Crippen LogP contribution is -2.42. The van der Waals surface area contributed by atoms with Crippen molar-refractivity contribution in [1.82, 2.24) is 10.9 Å². The van der Waals surface area contributed by atoms with Crippen molar-refractivity contribution in [3.8, 4) is 0 Å². The quantitative estimate of drug-likeness (QED) is 0.612. The normalized spacial score (nSPS) is 11.1. The second-order valence-electron chi connectivity index (χ2n) is 5.09. The molecule has 0 aliphatic heterocycles. The molecule has 106 valence electrons. The van der Waals surface area contributed by atoms with E-state index in [2.05, 4.69) is 10.9 Å². The van der Waals surface area contributed by atoms with Crippen LogP contribution in [0.2, 0.25) is 0 Å². The Morgan fingerprint density at radius 2 is 1.89 bits per heavy atom. The maximum absolute atomic E-state index is 11.3. The third-order valence-electron chi connectivity index (χ3n) is 2.07. The molecule has 0 unspecified atom stereocenters. The molecule has 1 aromatic rings. The maximum Gasteiger partial charge on any atom is 0.422 e. The van der Waals surface area contributed by atoms with Crippen LogP contribution in [0.4, 0.5) is 4.79 Å². The van der Waals surface area contributed by atoms with Crippen molar-refractivity contribution >= 4 is 6.09 Å². The van der Waals surface area contributed by atoms with Crippen LogP contribution in [0.15, 0.2) is 30.3 Å². The summed E-state index contributed by atoms with van der Waals surface area (Å²) < 4.78 is 10.5. The van der Waals surface area contributed by atoms with Crippen LogP contribution in [0.1, 0.15) is 26.3 Å². The Balaban J connectivity index is 2.01. The van der Waals surface area contributed by atoms with Crippen LogP contribution in [0.3, 0.4) is 0 Å². The summed E-state index contributed by atoms with van der Waals surface area (Å²) >= 11 is 0. The number of ether oxygens (including phenoxy) is 2. The van der Waals surface area contributed by atoms with Gasteiger partial charge in [-0.15, -0.1) is 0 Å². The molecular formula is C14H22N2O3. The molecule has 1 amide bonds. The largest absolute Gasteiger partial charge is 0.443 e. The second-order valence-corrected chi connectivity index (χ2v) is 5.09. The van der Waals surface area contributed by atoms with Gasteiger partial charge in [0.25, 0.3) is 0 Å². The van der Waals surface area contributed by atoms with E-state index in [1.54, 1.807) is 0 Å². The molecule has 0 aliphatic rings. The van der Waals surface area contributed by atoms with E-state index in [0.717, 1.165) is 5.56 Å². The Morgan fingerprint density at radius 1 is 1.21 bits per heavy atom. The third-order valence-corrected chi connectivity index (χ3v) is 2.07. The summed E-state index contributed by atoms with van der Waals surface area (Å²) in [5.41, 5.74) is 5.83. The number of carbonyl (C=O) groups excluding carboxylic acids is 1. The van der Waals surface area contributed by atoms with Crippen LogP contribution in [-0.4, -0.2) is 24.8 Å². The highest BCUT2D eigenvalue weighted by Crippen LogP contribution is 2.05. The van der Waals surface area contributed by atoms with Crippen LogP contribution >= 0.6 is 0 Å². The Morgan fingerprint density at radius 3 is 2.53 bits per heavy atom. The fourth-order valence-electron chi connectivity index (χ4n) is 1.33. The van der Waals surface area contributed by atoms with Gasteiger partial charge in [-0.25, -0.2) is 10.2 Å². The van der Waals surface area contributed by atoms with E-state index in [1.807, 2.05) is 51.1 Å². The Hall–Kier alpha value is -1.59. The monoisotopic (exact) mass is 266 g/mol. The molecule has 0 bridgehead atoms. The van der Waals surface area contributed by atoms with Gasteiger partial charge in [-0.2, -0.15) is 0 Å². The van der Waals surface area contributed by atoms with E-state index >= 15 is 0 Å². The van der Waals surface area contributed by atoms with Gasteiger partial charge in [-0.1, -0.05) is 30.3 Å². The lowest BCUT2D eigenvalue weighted by Gasteiger charge is -2.19. The van der Waals surface area contributed by atoms with Crippen LogP contribution in [0, 0.1) is 0 Å². The van der Waals surface area contributed by atoms with Gasteiger partial charge in [0.15, 0.2) is 0 Å². The Labute approximate surface area is 114 Å². The molecule has 5 heteroatoms. The molecule has 0 radical (unpaired) electrons. The summed E-state index contributed by atoms with van der Waals surface area (Å²) in [6.07, 6.45) is -0.490. The van der Waals surface area contributed by atoms with E-state index in [0.29, 0.717) is 19.8 Å². The molecular weight excluding hydrogens is 244 g/mol. The van der Waals surface area contributed by atoms with Gasteiger partial charge >= 0.3 is 6.09 Å². The average Bonchev–Trinajstić information content (AvgIpc) is 2.32. The van der Waals surface area contributed by atoms with E-state index in [9.17, 15) is 4.79 Å². The van der Waals surface area contributed by atoms with Crippen molar-refractivity contribution < 1.29 is 14.3 Å². The molecule has 0 spiro atoms. The highest BCUT2D eigenvalue weighted by molar-refractivity contribution is 5.66. The number of hydrazine groups is 1. The number of amides is 1. The van der Waals surface area contributed by atoms with Gasteiger partial charge in [0.2, 0.25) is 0 Å². The fraction of sp³-hybridized carbons (Fsp3) is 0.500. The predicted octanol–water partition coefficient (Wildman–Crippen LogP) is 2.23. The van der Waals surface area contributed by atoms with Crippen molar-refractivity contribution in [1.29, 1.82) is 0 Å². The molecule has 2 N–H and O–H groups in total. The Kier molecular flexibility index (Phi) is 6.32. The molecule has 1 aromatic carbocycles. The van der Waals surface area contributed by atoms with Gasteiger partial charge in [-0.05, 0) is 26.3 Å². The van der Waals surface area contributed by atoms with Crippen LogP contribution in [0.25, 0.3) is 0 Å². The van der Waals surface area contributed by atoms with Crippen molar-refractivity contribution in [3.05, 3.63) is 35.9 Å². The molecule has 0 fully saturated rings. The van der Waals surface area contributed by atoms with E-state index in [1.165, 1.54) is 0 Å². The summed E-state index contributed by atoms with van der Waals surface area (Å²) in [6, 6.07) is 9.93. The van der Waals surface area contributed by atoms with E-state index in [-0.39, 0.29) is 0 Å². The van der Waals surface area contributed by atoms with Crippen molar-refractivity contribution in [2.24, 2.45) is 0 Å². The molecule has 19 heavy (non-hydrogen) atoms. The van der Waals surface area contributed by atoms with Crippen LogP contribution in [-0.2, 0) is 16.1 Å². The zero-order chi connectivity index (χ0) is 14.1. The van der Waals surface area contributed by atoms with Gasteiger partial charge in [0.05, 0.1) is 13.2 Å². The van der Waals surface area contributed by atoms with Gasteiger partial charge in [-0.3, -0.25) is 5.43 Å².